The van der Waals surface area contributed by atoms with E-state index in [1.807, 2.05) is 30.3 Å². The SMILES string of the molecule is CC(=O)C1=CCNc2ccccc21. The fourth-order valence-corrected chi connectivity index (χ4v) is 1.58. The number of para-hydroxylation sites is 1. The highest BCUT2D eigenvalue weighted by Gasteiger charge is 2.13. The average molecular weight is 173 g/mol. The first-order chi connectivity index (χ1) is 6.29. The van der Waals surface area contributed by atoms with E-state index < -0.39 is 0 Å². The summed E-state index contributed by atoms with van der Waals surface area (Å²) < 4.78 is 0. The minimum Gasteiger partial charge on any atom is -0.381 e. The molecule has 0 spiro atoms. The third-order valence-electron chi connectivity index (χ3n) is 2.20. The number of ketones is 1. The van der Waals surface area contributed by atoms with Crippen LogP contribution in [0, 0.1) is 0 Å². The van der Waals surface area contributed by atoms with Crippen LogP contribution in [-0.4, -0.2) is 12.3 Å². The highest BCUT2D eigenvalue weighted by Crippen LogP contribution is 2.27. The molecule has 0 radical (unpaired) electrons. The summed E-state index contributed by atoms with van der Waals surface area (Å²) in [6.45, 7) is 2.35. The summed E-state index contributed by atoms with van der Waals surface area (Å²) in [5.74, 6) is 0.133. The maximum absolute atomic E-state index is 11.3. The largest absolute Gasteiger partial charge is 0.381 e. The summed E-state index contributed by atoms with van der Waals surface area (Å²) >= 11 is 0. The number of hydrogen-bond acceptors (Lipinski definition) is 2. The second-order valence-corrected chi connectivity index (χ2v) is 3.10. The number of anilines is 1. The van der Waals surface area contributed by atoms with Gasteiger partial charge in [-0.3, -0.25) is 4.79 Å². The Kier molecular flexibility index (Phi) is 1.89. The zero-order valence-electron chi connectivity index (χ0n) is 7.50. The van der Waals surface area contributed by atoms with E-state index in [9.17, 15) is 4.79 Å². The van der Waals surface area contributed by atoms with Crippen molar-refractivity contribution in [3.05, 3.63) is 35.9 Å². The smallest absolute Gasteiger partial charge is 0.160 e. The Balaban J connectivity index is 2.53. The summed E-state index contributed by atoms with van der Waals surface area (Å²) in [6.07, 6.45) is 1.94. The van der Waals surface area contributed by atoms with Gasteiger partial charge in [-0.1, -0.05) is 24.3 Å². The van der Waals surface area contributed by atoms with Crippen LogP contribution in [0.5, 0.6) is 0 Å². The number of hydrogen-bond donors (Lipinski definition) is 1. The molecule has 2 heteroatoms. The van der Waals surface area contributed by atoms with Crippen LogP contribution < -0.4 is 5.32 Å². The number of fused-ring (bicyclic) bond motifs is 1. The molecule has 1 N–H and O–H groups in total. The van der Waals surface area contributed by atoms with Crippen LogP contribution in [0.15, 0.2) is 30.3 Å². The lowest BCUT2D eigenvalue weighted by Gasteiger charge is -2.17. The van der Waals surface area contributed by atoms with Gasteiger partial charge in [0.2, 0.25) is 0 Å². The molecule has 2 rings (SSSR count). The molecule has 1 aromatic carbocycles. The van der Waals surface area contributed by atoms with E-state index in [0.717, 1.165) is 23.4 Å². The van der Waals surface area contributed by atoms with Crippen molar-refractivity contribution >= 4 is 17.0 Å². The first-order valence-corrected chi connectivity index (χ1v) is 4.33. The van der Waals surface area contributed by atoms with Crippen LogP contribution in [0.25, 0.3) is 5.57 Å². The van der Waals surface area contributed by atoms with Gasteiger partial charge >= 0.3 is 0 Å². The lowest BCUT2D eigenvalue weighted by molar-refractivity contribution is -0.111. The van der Waals surface area contributed by atoms with Gasteiger partial charge in [0.1, 0.15) is 0 Å². The van der Waals surface area contributed by atoms with Crippen LogP contribution in [0.3, 0.4) is 0 Å². The zero-order chi connectivity index (χ0) is 9.26. The monoisotopic (exact) mass is 173 g/mol. The van der Waals surface area contributed by atoms with Gasteiger partial charge in [0.05, 0.1) is 0 Å². The number of rotatable bonds is 1. The van der Waals surface area contributed by atoms with Crippen LogP contribution in [0.1, 0.15) is 12.5 Å². The highest BCUT2D eigenvalue weighted by atomic mass is 16.1. The fraction of sp³-hybridized carbons (Fsp3) is 0.182. The third kappa shape index (κ3) is 1.35. The van der Waals surface area contributed by atoms with Crippen molar-refractivity contribution in [2.45, 2.75) is 6.92 Å². The molecular formula is C11H11NO. The first-order valence-electron chi connectivity index (χ1n) is 4.33. The molecule has 1 aliphatic rings. The molecule has 1 heterocycles. The molecule has 0 bridgehead atoms. The van der Waals surface area contributed by atoms with E-state index in [2.05, 4.69) is 5.32 Å². The summed E-state index contributed by atoms with van der Waals surface area (Å²) in [5, 5.41) is 3.22. The molecule has 66 valence electrons. The van der Waals surface area contributed by atoms with Gasteiger partial charge in [0.15, 0.2) is 5.78 Å². The van der Waals surface area contributed by atoms with E-state index >= 15 is 0 Å². The fourth-order valence-electron chi connectivity index (χ4n) is 1.58. The molecule has 2 nitrogen and oxygen atoms in total. The average Bonchev–Trinajstić information content (AvgIpc) is 2.17. The maximum Gasteiger partial charge on any atom is 0.160 e. The quantitative estimate of drug-likeness (QED) is 0.704. The summed E-state index contributed by atoms with van der Waals surface area (Å²) in [6, 6.07) is 7.87. The topological polar surface area (TPSA) is 29.1 Å². The van der Waals surface area contributed by atoms with Gasteiger partial charge in [-0.15, -0.1) is 0 Å². The lowest BCUT2D eigenvalue weighted by atomic mass is 9.98. The third-order valence-corrected chi connectivity index (χ3v) is 2.20. The summed E-state index contributed by atoms with van der Waals surface area (Å²) in [5.41, 5.74) is 2.89. The van der Waals surface area contributed by atoms with Crippen LogP contribution in [0.4, 0.5) is 5.69 Å². The van der Waals surface area contributed by atoms with Gasteiger partial charge in [-0.2, -0.15) is 0 Å². The summed E-state index contributed by atoms with van der Waals surface area (Å²) in [7, 11) is 0. The number of Topliss-reactive ketones (excluding diaryl/α,β-unsaturated/α-hetero) is 1. The van der Waals surface area contributed by atoms with Gasteiger partial charge < -0.3 is 5.32 Å². The molecule has 1 aliphatic heterocycles. The van der Waals surface area contributed by atoms with Crippen LogP contribution in [0.2, 0.25) is 0 Å². The van der Waals surface area contributed by atoms with Crippen molar-refractivity contribution < 1.29 is 4.79 Å². The van der Waals surface area contributed by atoms with Crippen molar-refractivity contribution in [1.29, 1.82) is 0 Å². The van der Waals surface area contributed by atoms with Gasteiger partial charge in [-0.25, -0.2) is 0 Å². The van der Waals surface area contributed by atoms with Crippen LogP contribution >= 0.6 is 0 Å². The predicted molar refractivity (Wildman–Crippen MR) is 53.6 cm³/mol. The van der Waals surface area contributed by atoms with Gasteiger partial charge in [-0.05, 0) is 13.0 Å². The number of benzene rings is 1. The minimum atomic E-state index is 0.133. The van der Waals surface area contributed by atoms with Crippen LogP contribution in [-0.2, 0) is 4.79 Å². The molecule has 0 unspecified atom stereocenters. The van der Waals surface area contributed by atoms with Gasteiger partial charge in [0, 0.05) is 23.4 Å². The molecule has 13 heavy (non-hydrogen) atoms. The molecule has 0 amide bonds. The highest BCUT2D eigenvalue weighted by molar-refractivity contribution is 6.21. The van der Waals surface area contributed by atoms with Gasteiger partial charge in [0.25, 0.3) is 0 Å². The molecular weight excluding hydrogens is 162 g/mol. The zero-order valence-corrected chi connectivity index (χ0v) is 7.50. The van der Waals surface area contributed by atoms with Crippen molar-refractivity contribution in [2.24, 2.45) is 0 Å². The van der Waals surface area contributed by atoms with Crippen molar-refractivity contribution in [3.63, 3.8) is 0 Å². The second-order valence-electron chi connectivity index (χ2n) is 3.10. The molecule has 0 saturated heterocycles. The molecule has 0 aliphatic carbocycles. The molecule has 0 saturated carbocycles. The molecule has 0 fully saturated rings. The predicted octanol–water partition coefficient (Wildman–Crippen LogP) is 2.08. The number of carbonyl (C=O) groups is 1. The standard InChI is InChI=1S/C11H11NO/c1-8(13)9-6-7-12-11-5-3-2-4-10(9)11/h2-6,12H,7H2,1H3. The summed E-state index contributed by atoms with van der Waals surface area (Å²) in [4.78, 5) is 11.3. The second kappa shape index (κ2) is 3.05. The molecule has 0 aromatic heterocycles. The van der Waals surface area contributed by atoms with Crippen molar-refractivity contribution in [3.8, 4) is 0 Å². The molecule has 1 aromatic rings. The van der Waals surface area contributed by atoms with Crippen molar-refractivity contribution in [2.75, 3.05) is 11.9 Å². The maximum atomic E-state index is 11.3. The lowest BCUT2D eigenvalue weighted by Crippen LogP contribution is -2.11. The first kappa shape index (κ1) is 8.05. The Bertz CT molecular complexity index is 379. The van der Waals surface area contributed by atoms with E-state index in [0.29, 0.717) is 0 Å². The van der Waals surface area contributed by atoms with E-state index in [1.54, 1.807) is 6.92 Å². The Morgan fingerprint density at radius 1 is 1.38 bits per heavy atom. The Morgan fingerprint density at radius 3 is 2.92 bits per heavy atom. The Hall–Kier alpha value is -1.57. The molecule has 0 atom stereocenters. The normalized spacial score (nSPS) is 14.1. The number of allylic oxidation sites excluding steroid dienone is 1. The Morgan fingerprint density at radius 2 is 2.15 bits per heavy atom. The number of nitrogens with one attached hydrogen (secondary N) is 1. The van der Waals surface area contributed by atoms with E-state index in [-0.39, 0.29) is 5.78 Å². The Labute approximate surface area is 77.3 Å². The van der Waals surface area contributed by atoms with E-state index in [1.165, 1.54) is 0 Å². The van der Waals surface area contributed by atoms with E-state index in [4.69, 9.17) is 0 Å². The minimum absolute atomic E-state index is 0.133. The number of carbonyl (C=O) groups excluding carboxylic acids is 1. The van der Waals surface area contributed by atoms with Crippen molar-refractivity contribution in [1.82, 2.24) is 0 Å².